The Bertz CT molecular complexity index is 468. The van der Waals surface area contributed by atoms with Crippen LogP contribution in [0.25, 0.3) is 0 Å². The van der Waals surface area contributed by atoms with Crippen molar-refractivity contribution < 1.29 is 4.39 Å². The number of nitrogens with one attached hydrogen (secondary N) is 1. The first-order chi connectivity index (χ1) is 9.89. The van der Waals surface area contributed by atoms with Gasteiger partial charge in [0.25, 0.3) is 0 Å². The highest BCUT2D eigenvalue weighted by Gasteiger charge is 2.22. The maximum atomic E-state index is 13.6. The second-order valence-electron chi connectivity index (χ2n) is 7.10. The van der Waals surface area contributed by atoms with Crippen LogP contribution in [0.15, 0.2) is 12.3 Å². The van der Waals surface area contributed by atoms with Crippen molar-refractivity contribution in [3.8, 4) is 0 Å². The number of rotatable bonds is 4. The third-order valence-corrected chi connectivity index (χ3v) is 4.11. The van der Waals surface area contributed by atoms with Gasteiger partial charge < -0.3 is 10.2 Å². The van der Waals surface area contributed by atoms with E-state index in [4.69, 9.17) is 0 Å². The summed E-state index contributed by atoms with van der Waals surface area (Å²) in [5, 5.41) is 3.44. The summed E-state index contributed by atoms with van der Waals surface area (Å²) >= 11 is 0. The van der Waals surface area contributed by atoms with Crippen LogP contribution in [0.2, 0.25) is 0 Å². The van der Waals surface area contributed by atoms with Crippen molar-refractivity contribution in [2.24, 2.45) is 5.92 Å². The number of halogens is 1. The fraction of sp³-hybridized carbons (Fsp3) is 0.706. The molecule has 1 N–H and O–H groups in total. The van der Waals surface area contributed by atoms with Gasteiger partial charge in [0.05, 0.1) is 6.20 Å². The normalized spacial score (nSPS) is 19.9. The molecule has 1 unspecified atom stereocenters. The highest BCUT2D eigenvalue weighted by Crippen LogP contribution is 2.26. The fourth-order valence-electron chi connectivity index (χ4n) is 2.84. The summed E-state index contributed by atoms with van der Waals surface area (Å²) in [6, 6.07) is 1.62. The third kappa shape index (κ3) is 4.67. The predicted molar refractivity (Wildman–Crippen MR) is 86.0 cm³/mol. The first-order valence-corrected chi connectivity index (χ1v) is 8.03. The van der Waals surface area contributed by atoms with E-state index in [1.165, 1.54) is 25.5 Å². The topological polar surface area (TPSA) is 28.2 Å². The van der Waals surface area contributed by atoms with Gasteiger partial charge in [0.15, 0.2) is 0 Å². The molecular weight excluding hydrogens is 265 g/mol. The zero-order chi connectivity index (χ0) is 15.5. The minimum absolute atomic E-state index is 0.0113. The van der Waals surface area contributed by atoms with Crippen molar-refractivity contribution in [3.63, 3.8) is 0 Å². The van der Waals surface area contributed by atoms with Crippen LogP contribution < -0.4 is 10.2 Å². The molecule has 118 valence electrons. The number of piperidine rings is 1. The molecule has 0 spiro atoms. The van der Waals surface area contributed by atoms with Crippen molar-refractivity contribution in [2.75, 3.05) is 18.0 Å². The van der Waals surface area contributed by atoms with E-state index in [-0.39, 0.29) is 11.4 Å². The van der Waals surface area contributed by atoms with E-state index in [0.29, 0.717) is 6.54 Å². The number of nitrogens with zero attached hydrogens (tertiary/aromatic N) is 2. The Hall–Kier alpha value is -1.16. The Balaban J connectivity index is 2.17. The molecule has 2 rings (SSSR count). The molecule has 0 amide bonds. The molecule has 0 aromatic carbocycles. The van der Waals surface area contributed by atoms with E-state index < -0.39 is 0 Å². The molecule has 1 saturated heterocycles. The number of aromatic nitrogens is 1. The third-order valence-electron chi connectivity index (χ3n) is 4.11. The van der Waals surface area contributed by atoms with E-state index in [1.54, 1.807) is 6.07 Å². The van der Waals surface area contributed by atoms with Crippen molar-refractivity contribution >= 4 is 5.82 Å². The van der Waals surface area contributed by atoms with Gasteiger partial charge in [-0.15, -0.1) is 0 Å². The minimum atomic E-state index is -0.256. The van der Waals surface area contributed by atoms with Gasteiger partial charge in [-0.25, -0.2) is 9.37 Å². The molecule has 1 aromatic heterocycles. The SMILES string of the molecule is CCC1CCCN(c2ncc(F)cc2CNC(C)(C)C)C1. The molecule has 1 fully saturated rings. The largest absolute Gasteiger partial charge is 0.356 e. The number of hydrogen-bond acceptors (Lipinski definition) is 3. The van der Waals surface area contributed by atoms with Crippen LogP contribution in [0.5, 0.6) is 0 Å². The van der Waals surface area contributed by atoms with Gasteiger partial charge in [-0.3, -0.25) is 0 Å². The highest BCUT2D eigenvalue weighted by molar-refractivity contribution is 5.47. The quantitative estimate of drug-likeness (QED) is 0.916. The Morgan fingerprint density at radius 1 is 1.43 bits per heavy atom. The van der Waals surface area contributed by atoms with Crippen molar-refractivity contribution in [3.05, 3.63) is 23.6 Å². The summed E-state index contributed by atoms with van der Waals surface area (Å²) in [4.78, 5) is 6.71. The van der Waals surface area contributed by atoms with Crippen LogP contribution in [0.3, 0.4) is 0 Å². The van der Waals surface area contributed by atoms with Crippen molar-refractivity contribution in [2.45, 2.75) is 59.0 Å². The minimum Gasteiger partial charge on any atom is -0.356 e. The number of anilines is 1. The molecule has 4 heteroatoms. The van der Waals surface area contributed by atoms with Gasteiger partial charge in [-0.2, -0.15) is 0 Å². The monoisotopic (exact) mass is 293 g/mol. The zero-order valence-electron chi connectivity index (χ0n) is 13.7. The molecular formula is C17H28FN3. The van der Waals surface area contributed by atoms with Crippen LogP contribution in [0.4, 0.5) is 10.2 Å². The molecule has 1 aliphatic heterocycles. The summed E-state index contributed by atoms with van der Waals surface area (Å²) in [5.41, 5.74) is 0.971. The lowest BCUT2D eigenvalue weighted by Crippen LogP contribution is -2.38. The lowest BCUT2D eigenvalue weighted by molar-refractivity contribution is 0.399. The molecule has 3 nitrogen and oxygen atoms in total. The Morgan fingerprint density at radius 2 is 2.19 bits per heavy atom. The summed E-state index contributed by atoms with van der Waals surface area (Å²) in [6.07, 6.45) is 5.03. The molecule has 0 bridgehead atoms. The molecule has 2 heterocycles. The van der Waals surface area contributed by atoms with Crippen molar-refractivity contribution in [1.82, 2.24) is 10.3 Å². The second-order valence-corrected chi connectivity index (χ2v) is 7.10. The average Bonchev–Trinajstić information content (AvgIpc) is 2.44. The smallest absolute Gasteiger partial charge is 0.141 e. The Labute approximate surface area is 127 Å². The first-order valence-electron chi connectivity index (χ1n) is 8.03. The maximum Gasteiger partial charge on any atom is 0.141 e. The van der Waals surface area contributed by atoms with Gasteiger partial charge in [0.1, 0.15) is 11.6 Å². The number of pyridine rings is 1. The Kier molecular flexibility index (Phi) is 5.20. The van der Waals surface area contributed by atoms with Gasteiger partial charge in [0, 0.05) is 30.7 Å². The van der Waals surface area contributed by atoms with Crippen LogP contribution in [-0.2, 0) is 6.54 Å². The zero-order valence-corrected chi connectivity index (χ0v) is 13.7. The molecule has 1 aromatic rings. The van der Waals surface area contributed by atoms with E-state index in [0.717, 1.165) is 30.4 Å². The molecule has 0 radical (unpaired) electrons. The second kappa shape index (κ2) is 6.73. The average molecular weight is 293 g/mol. The Morgan fingerprint density at radius 3 is 2.86 bits per heavy atom. The van der Waals surface area contributed by atoms with E-state index in [1.807, 2.05) is 0 Å². The van der Waals surface area contributed by atoms with Crippen LogP contribution >= 0.6 is 0 Å². The molecule has 1 atom stereocenters. The van der Waals surface area contributed by atoms with Crippen LogP contribution in [0.1, 0.15) is 52.5 Å². The highest BCUT2D eigenvalue weighted by atomic mass is 19.1. The lowest BCUT2D eigenvalue weighted by Gasteiger charge is -2.34. The standard InChI is InChI=1S/C17H28FN3/c1-5-13-7-6-8-21(12-13)16-14(9-15(18)11-19-16)10-20-17(2,3)4/h9,11,13,20H,5-8,10,12H2,1-4H3. The van der Waals surface area contributed by atoms with Crippen LogP contribution in [0, 0.1) is 11.7 Å². The van der Waals surface area contributed by atoms with Gasteiger partial charge in [-0.1, -0.05) is 13.3 Å². The maximum absolute atomic E-state index is 13.6. The first kappa shape index (κ1) is 16.2. The molecule has 0 saturated carbocycles. The summed E-state index contributed by atoms with van der Waals surface area (Å²) in [5.74, 6) is 1.42. The van der Waals surface area contributed by atoms with Crippen molar-refractivity contribution in [1.29, 1.82) is 0 Å². The molecule has 1 aliphatic rings. The summed E-state index contributed by atoms with van der Waals surface area (Å²) in [6.45, 7) is 11.3. The molecule has 0 aliphatic carbocycles. The van der Waals surface area contributed by atoms with Gasteiger partial charge in [0.2, 0.25) is 0 Å². The van der Waals surface area contributed by atoms with Gasteiger partial charge in [-0.05, 0) is 45.6 Å². The lowest BCUT2D eigenvalue weighted by atomic mass is 9.95. The predicted octanol–water partition coefficient (Wildman–Crippen LogP) is 3.74. The summed E-state index contributed by atoms with van der Waals surface area (Å²) < 4.78 is 13.6. The van der Waals surface area contributed by atoms with E-state index in [2.05, 4.69) is 42.9 Å². The van der Waals surface area contributed by atoms with Crippen LogP contribution in [-0.4, -0.2) is 23.6 Å². The van der Waals surface area contributed by atoms with E-state index >= 15 is 0 Å². The van der Waals surface area contributed by atoms with E-state index in [9.17, 15) is 4.39 Å². The fourth-order valence-corrected chi connectivity index (χ4v) is 2.84. The summed E-state index contributed by atoms with van der Waals surface area (Å²) in [7, 11) is 0. The van der Waals surface area contributed by atoms with Gasteiger partial charge >= 0.3 is 0 Å². The number of hydrogen-bond donors (Lipinski definition) is 1. The molecule has 21 heavy (non-hydrogen) atoms.